The highest BCUT2D eigenvalue weighted by Gasteiger charge is 2.45. The normalized spacial score (nSPS) is 28.1. The molecule has 3 aliphatic heterocycles. The molecule has 3 aliphatic rings. The van der Waals surface area contributed by atoms with Crippen molar-refractivity contribution in [3.63, 3.8) is 0 Å². The molecule has 250 valence electrons. The Bertz CT molecular complexity index is 1600. The molecule has 2 aromatic heterocycles. The summed E-state index contributed by atoms with van der Waals surface area (Å²) < 4.78 is 84.6. The molecule has 3 aromatic rings. The standard InChI is InChI=1S/C29H34ClF6N9O/c1-15-3-2-4-23(21-7-16(5-6-37-21)27-22(38-11-15)12-40-45(27)28(32)33)43-14-39-20(10-26(43)46)17-8-18(30)19(31)9-24(17)44-13-25(41-42-44)29(34,35)36/h8-10,13-16,21-23,27-28,37-38,40H,2-7,11-12H2,1H3/t15-,16?,21?,22?,23+,27?/m1/s1. The van der Waals surface area contributed by atoms with Crippen LogP contribution in [-0.4, -0.2) is 73.9 Å². The highest BCUT2D eigenvalue weighted by molar-refractivity contribution is 6.31. The molecule has 4 unspecified atom stereocenters. The van der Waals surface area contributed by atoms with Crippen LogP contribution >= 0.6 is 11.6 Å². The fraction of sp³-hybridized carbons (Fsp3) is 0.586. The van der Waals surface area contributed by atoms with Gasteiger partial charge in [-0.15, -0.1) is 5.10 Å². The van der Waals surface area contributed by atoms with Gasteiger partial charge in [0.2, 0.25) is 0 Å². The number of piperidine rings is 1. The van der Waals surface area contributed by atoms with Crippen LogP contribution < -0.4 is 21.6 Å². The highest BCUT2D eigenvalue weighted by atomic mass is 35.5. The molecule has 0 saturated carbocycles. The van der Waals surface area contributed by atoms with Crippen molar-refractivity contribution in [2.75, 3.05) is 19.6 Å². The number of rotatable bonds is 4. The average molecular weight is 674 g/mol. The largest absolute Gasteiger partial charge is 0.436 e. The maximum absolute atomic E-state index is 14.5. The van der Waals surface area contributed by atoms with E-state index in [2.05, 4.69) is 38.3 Å². The van der Waals surface area contributed by atoms with Crippen molar-refractivity contribution in [1.82, 2.24) is 45.6 Å². The Hall–Kier alpha value is -3.05. The van der Waals surface area contributed by atoms with Gasteiger partial charge in [0.05, 0.1) is 35.0 Å². The first-order chi connectivity index (χ1) is 21.9. The van der Waals surface area contributed by atoms with Crippen LogP contribution in [0.5, 0.6) is 0 Å². The second kappa shape index (κ2) is 13.2. The predicted molar refractivity (Wildman–Crippen MR) is 157 cm³/mol. The van der Waals surface area contributed by atoms with Gasteiger partial charge in [-0.1, -0.05) is 30.2 Å². The lowest BCUT2D eigenvalue weighted by Crippen LogP contribution is -2.56. The third kappa shape index (κ3) is 6.68. The van der Waals surface area contributed by atoms with E-state index in [9.17, 15) is 31.1 Å². The molecule has 6 rings (SSSR count). The topological polar surface area (TPSA) is 105 Å². The Morgan fingerprint density at radius 1 is 1.07 bits per heavy atom. The number of alkyl halides is 5. The summed E-state index contributed by atoms with van der Waals surface area (Å²) in [6.07, 6.45) is 0.776. The van der Waals surface area contributed by atoms with E-state index in [-0.39, 0.29) is 51.9 Å². The second-order valence-corrected chi connectivity index (χ2v) is 12.8. The molecule has 3 fully saturated rings. The van der Waals surface area contributed by atoms with E-state index in [0.717, 1.165) is 28.6 Å². The fourth-order valence-corrected chi connectivity index (χ4v) is 7.23. The first-order valence-electron chi connectivity index (χ1n) is 15.2. The molecule has 0 amide bonds. The van der Waals surface area contributed by atoms with Crippen molar-refractivity contribution >= 4 is 11.6 Å². The average Bonchev–Trinajstić information content (AvgIpc) is 3.68. The zero-order chi connectivity index (χ0) is 32.7. The lowest BCUT2D eigenvalue weighted by molar-refractivity contribution is -0.141. The van der Waals surface area contributed by atoms with E-state index in [1.807, 2.05) is 0 Å². The van der Waals surface area contributed by atoms with E-state index < -0.39 is 35.8 Å². The summed E-state index contributed by atoms with van der Waals surface area (Å²) in [5, 5.41) is 14.4. The number of nitrogens with zero attached hydrogens (tertiary/aromatic N) is 6. The van der Waals surface area contributed by atoms with Gasteiger partial charge in [0, 0.05) is 42.4 Å². The molecule has 1 aromatic carbocycles. The van der Waals surface area contributed by atoms with Crippen molar-refractivity contribution in [2.24, 2.45) is 11.8 Å². The minimum atomic E-state index is -4.77. The number of halogens is 7. The van der Waals surface area contributed by atoms with Gasteiger partial charge >= 0.3 is 12.7 Å². The molecular formula is C29H34ClF6N9O. The van der Waals surface area contributed by atoms with Crippen molar-refractivity contribution in [3.05, 3.63) is 57.6 Å². The van der Waals surface area contributed by atoms with Crippen LogP contribution in [0.25, 0.3) is 16.9 Å². The summed E-state index contributed by atoms with van der Waals surface area (Å²) in [6, 6.07) is 2.19. The zero-order valence-corrected chi connectivity index (χ0v) is 25.6. The summed E-state index contributed by atoms with van der Waals surface area (Å²) in [6.45, 7) is 1.14. The molecule has 5 heterocycles. The Kier molecular flexibility index (Phi) is 9.45. The number of hydrogen-bond donors (Lipinski definition) is 3. The monoisotopic (exact) mass is 673 g/mol. The summed E-state index contributed by atoms with van der Waals surface area (Å²) in [7, 11) is 0. The summed E-state index contributed by atoms with van der Waals surface area (Å²) >= 11 is 6.04. The Labute approximate surface area is 265 Å². The van der Waals surface area contributed by atoms with Gasteiger partial charge in [0.1, 0.15) is 5.82 Å². The SMILES string of the molecule is C[C@@H]1CCC[C@H](n2cnc(-c3cc(Cl)c(F)cc3-n3cc(C(F)(F)F)nn3)cc2=O)C2CC(CCN2)C2C(CNN2C(F)F)NC1. The number of nitrogens with one attached hydrogen (secondary N) is 3. The van der Waals surface area contributed by atoms with E-state index in [1.165, 1.54) is 23.0 Å². The van der Waals surface area contributed by atoms with E-state index in [0.29, 0.717) is 45.1 Å². The number of benzene rings is 1. The Morgan fingerprint density at radius 2 is 1.87 bits per heavy atom. The maximum atomic E-state index is 14.5. The number of aromatic nitrogens is 5. The number of hydrogen-bond acceptors (Lipinski definition) is 8. The summed E-state index contributed by atoms with van der Waals surface area (Å²) in [5.41, 5.74) is 1.17. The van der Waals surface area contributed by atoms with Crippen molar-refractivity contribution < 1.29 is 26.3 Å². The van der Waals surface area contributed by atoms with Crippen LogP contribution in [0.3, 0.4) is 0 Å². The van der Waals surface area contributed by atoms with Gasteiger partial charge in [-0.2, -0.15) is 27.0 Å². The maximum Gasteiger partial charge on any atom is 0.436 e. The van der Waals surface area contributed by atoms with Crippen LogP contribution in [0, 0.1) is 17.7 Å². The highest BCUT2D eigenvalue weighted by Crippen LogP contribution is 2.36. The molecule has 0 radical (unpaired) electrons. The molecular weight excluding hydrogens is 640 g/mol. The van der Waals surface area contributed by atoms with Gasteiger partial charge in [-0.3, -0.25) is 9.36 Å². The van der Waals surface area contributed by atoms with E-state index in [4.69, 9.17) is 11.6 Å². The van der Waals surface area contributed by atoms with Gasteiger partial charge in [0.25, 0.3) is 5.56 Å². The van der Waals surface area contributed by atoms with Crippen molar-refractivity contribution in [1.29, 1.82) is 0 Å². The van der Waals surface area contributed by atoms with E-state index in [1.54, 1.807) is 0 Å². The molecule has 2 bridgehead atoms. The summed E-state index contributed by atoms with van der Waals surface area (Å²) in [4.78, 5) is 18.2. The number of hydrazine groups is 1. The second-order valence-electron chi connectivity index (χ2n) is 12.4. The lowest BCUT2D eigenvalue weighted by Gasteiger charge is -2.42. The predicted octanol–water partition coefficient (Wildman–Crippen LogP) is 4.40. The molecule has 0 aliphatic carbocycles. The van der Waals surface area contributed by atoms with E-state index >= 15 is 0 Å². The van der Waals surface area contributed by atoms with Crippen LogP contribution in [0.15, 0.2) is 35.5 Å². The van der Waals surface area contributed by atoms with Crippen LogP contribution in [-0.2, 0) is 6.18 Å². The van der Waals surface area contributed by atoms with Crippen molar-refractivity contribution in [2.45, 2.75) is 75.9 Å². The quantitative estimate of drug-likeness (QED) is 0.277. The van der Waals surface area contributed by atoms with Gasteiger partial charge in [0.15, 0.2) is 5.69 Å². The Balaban J connectivity index is 1.34. The molecule has 10 nitrogen and oxygen atoms in total. The van der Waals surface area contributed by atoms with Crippen LogP contribution in [0.4, 0.5) is 26.3 Å². The molecule has 17 heteroatoms. The minimum Gasteiger partial charge on any atom is -0.312 e. The van der Waals surface area contributed by atoms with Crippen LogP contribution in [0.1, 0.15) is 50.8 Å². The molecule has 3 N–H and O–H groups in total. The molecule has 3 saturated heterocycles. The first kappa shape index (κ1) is 32.9. The lowest BCUT2D eigenvalue weighted by atomic mass is 9.79. The minimum absolute atomic E-state index is 0.0528. The van der Waals surface area contributed by atoms with Crippen molar-refractivity contribution in [3.8, 4) is 16.9 Å². The zero-order valence-electron chi connectivity index (χ0n) is 24.8. The van der Waals surface area contributed by atoms with Crippen LogP contribution in [0.2, 0.25) is 5.02 Å². The number of fused-ring (bicyclic) bond motifs is 4. The van der Waals surface area contributed by atoms with Gasteiger partial charge in [-0.05, 0) is 56.7 Å². The third-order valence-electron chi connectivity index (χ3n) is 9.33. The molecule has 0 spiro atoms. The smallest absolute Gasteiger partial charge is 0.312 e. The molecule has 6 atom stereocenters. The third-order valence-corrected chi connectivity index (χ3v) is 9.62. The van der Waals surface area contributed by atoms with Gasteiger partial charge < -0.3 is 10.6 Å². The Morgan fingerprint density at radius 3 is 2.59 bits per heavy atom. The van der Waals surface area contributed by atoms with Gasteiger partial charge in [-0.25, -0.2) is 19.5 Å². The first-order valence-corrected chi connectivity index (χ1v) is 15.6. The fourth-order valence-electron chi connectivity index (χ4n) is 7.07. The summed E-state index contributed by atoms with van der Waals surface area (Å²) in [5.74, 6) is -0.692. The molecule has 46 heavy (non-hydrogen) atoms.